The highest BCUT2D eigenvalue weighted by molar-refractivity contribution is 4.94. The maximum absolute atomic E-state index is 9.10. The molecule has 0 spiro atoms. The van der Waals surface area contributed by atoms with Crippen LogP contribution in [0.2, 0.25) is 0 Å². The molecular formula is C13H24N4. The van der Waals surface area contributed by atoms with Crippen LogP contribution in [0.1, 0.15) is 26.2 Å². The van der Waals surface area contributed by atoms with Crippen molar-refractivity contribution in [3.05, 3.63) is 0 Å². The smallest absolute Gasteiger partial charge is 0.108 e. The predicted octanol–water partition coefficient (Wildman–Crippen LogP) is 0.658. The fourth-order valence-electron chi connectivity index (χ4n) is 3.10. The molecule has 2 unspecified atom stereocenters. The Balaban J connectivity index is 1.86. The second-order valence-corrected chi connectivity index (χ2v) is 5.18. The molecule has 2 rings (SSSR count). The highest BCUT2D eigenvalue weighted by Crippen LogP contribution is 2.21. The van der Waals surface area contributed by atoms with Crippen molar-refractivity contribution < 1.29 is 0 Å². The molecule has 2 fully saturated rings. The van der Waals surface area contributed by atoms with E-state index in [4.69, 9.17) is 5.26 Å². The largest absolute Gasteiger partial charge is 0.301 e. The Bertz CT molecular complexity index is 273. The van der Waals surface area contributed by atoms with Crippen LogP contribution in [0.5, 0.6) is 0 Å². The van der Waals surface area contributed by atoms with Gasteiger partial charge in [0.05, 0.1) is 6.07 Å². The third kappa shape index (κ3) is 3.41. The van der Waals surface area contributed by atoms with Crippen LogP contribution < -0.4 is 5.32 Å². The minimum absolute atomic E-state index is 0.00652. The molecule has 4 nitrogen and oxygen atoms in total. The van der Waals surface area contributed by atoms with Crippen LogP contribution in [0.4, 0.5) is 0 Å². The van der Waals surface area contributed by atoms with E-state index in [9.17, 15) is 0 Å². The van der Waals surface area contributed by atoms with Crippen molar-refractivity contribution in [3.8, 4) is 6.07 Å². The molecule has 2 heterocycles. The van der Waals surface area contributed by atoms with E-state index in [2.05, 4.69) is 28.1 Å². The van der Waals surface area contributed by atoms with Gasteiger partial charge in [0.1, 0.15) is 6.04 Å². The van der Waals surface area contributed by atoms with Crippen LogP contribution in [0.25, 0.3) is 0 Å². The van der Waals surface area contributed by atoms with Gasteiger partial charge in [0, 0.05) is 19.1 Å². The van der Waals surface area contributed by atoms with Gasteiger partial charge in [-0.3, -0.25) is 9.80 Å². The summed E-state index contributed by atoms with van der Waals surface area (Å²) in [5, 5.41) is 12.3. The van der Waals surface area contributed by atoms with E-state index in [1.807, 2.05) is 0 Å². The molecule has 17 heavy (non-hydrogen) atoms. The van der Waals surface area contributed by atoms with Crippen LogP contribution in [0.15, 0.2) is 0 Å². The molecule has 0 aromatic heterocycles. The summed E-state index contributed by atoms with van der Waals surface area (Å²) in [5.74, 6) is 0. The standard InChI is InChI=1S/C13H24N4/c1-2-15-12(9-14)10-16-6-4-8-17-7-3-5-13(17)11-16/h12-13,15H,2-8,10-11H2,1H3. The molecular weight excluding hydrogens is 212 g/mol. The van der Waals surface area contributed by atoms with E-state index in [0.29, 0.717) is 0 Å². The first kappa shape index (κ1) is 12.8. The van der Waals surface area contributed by atoms with E-state index in [1.165, 1.54) is 32.4 Å². The van der Waals surface area contributed by atoms with Gasteiger partial charge in [-0.05, 0) is 45.4 Å². The van der Waals surface area contributed by atoms with Crippen molar-refractivity contribution >= 4 is 0 Å². The fraction of sp³-hybridized carbons (Fsp3) is 0.923. The zero-order valence-corrected chi connectivity index (χ0v) is 10.9. The van der Waals surface area contributed by atoms with Crippen LogP contribution in [-0.4, -0.2) is 61.2 Å². The molecule has 2 aliphatic rings. The maximum atomic E-state index is 9.10. The Hall–Kier alpha value is -0.630. The predicted molar refractivity (Wildman–Crippen MR) is 68.7 cm³/mol. The lowest BCUT2D eigenvalue weighted by molar-refractivity contribution is 0.213. The number of likely N-dealkylation sites (N-methyl/N-ethyl adjacent to an activating group) is 1. The summed E-state index contributed by atoms with van der Waals surface area (Å²) in [6, 6.07) is 3.11. The summed E-state index contributed by atoms with van der Waals surface area (Å²) in [5.41, 5.74) is 0. The SMILES string of the molecule is CCNC(C#N)CN1CCCN2CCCC2C1. The van der Waals surface area contributed by atoms with Gasteiger partial charge in [0.15, 0.2) is 0 Å². The van der Waals surface area contributed by atoms with E-state index >= 15 is 0 Å². The summed E-state index contributed by atoms with van der Waals surface area (Å²) in [7, 11) is 0. The van der Waals surface area contributed by atoms with Crippen molar-refractivity contribution in [2.75, 3.05) is 39.3 Å². The van der Waals surface area contributed by atoms with Gasteiger partial charge >= 0.3 is 0 Å². The van der Waals surface area contributed by atoms with Crippen LogP contribution >= 0.6 is 0 Å². The molecule has 0 aromatic rings. The van der Waals surface area contributed by atoms with Crippen molar-refractivity contribution in [1.29, 1.82) is 5.26 Å². The second kappa shape index (κ2) is 6.34. The Morgan fingerprint density at radius 1 is 1.35 bits per heavy atom. The highest BCUT2D eigenvalue weighted by atomic mass is 15.3. The first-order chi connectivity index (χ1) is 8.33. The Morgan fingerprint density at radius 2 is 2.18 bits per heavy atom. The summed E-state index contributed by atoms with van der Waals surface area (Å²) >= 11 is 0. The average molecular weight is 236 g/mol. The molecule has 4 heteroatoms. The summed E-state index contributed by atoms with van der Waals surface area (Å²) < 4.78 is 0. The topological polar surface area (TPSA) is 42.3 Å². The highest BCUT2D eigenvalue weighted by Gasteiger charge is 2.29. The van der Waals surface area contributed by atoms with Gasteiger partial charge in [-0.15, -0.1) is 0 Å². The number of hydrogen-bond donors (Lipinski definition) is 1. The Labute approximate surface area is 105 Å². The quantitative estimate of drug-likeness (QED) is 0.778. The van der Waals surface area contributed by atoms with Gasteiger partial charge in [0.2, 0.25) is 0 Å². The van der Waals surface area contributed by atoms with Crippen LogP contribution in [0, 0.1) is 11.3 Å². The lowest BCUT2D eigenvalue weighted by atomic mass is 10.2. The summed E-state index contributed by atoms with van der Waals surface area (Å²) in [4.78, 5) is 5.11. The fourth-order valence-corrected chi connectivity index (χ4v) is 3.10. The van der Waals surface area contributed by atoms with Gasteiger partial charge in [-0.25, -0.2) is 0 Å². The first-order valence-electron chi connectivity index (χ1n) is 6.93. The zero-order valence-electron chi connectivity index (χ0n) is 10.9. The minimum atomic E-state index is -0.00652. The first-order valence-corrected chi connectivity index (χ1v) is 6.93. The van der Waals surface area contributed by atoms with E-state index in [-0.39, 0.29) is 6.04 Å². The molecule has 0 amide bonds. The number of hydrogen-bond acceptors (Lipinski definition) is 4. The normalized spacial score (nSPS) is 28.4. The lowest BCUT2D eigenvalue weighted by Gasteiger charge is -2.27. The molecule has 0 aromatic carbocycles. The van der Waals surface area contributed by atoms with Crippen molar-refractivity contribution in [2.45, 2.75) is 38.3 Å². The second-order valence-electron chi connectivity index (χ2n) is 5.18. The van der Waals surface area contributed by atoms with E-state index in [0.717, 1.165) is 32.2 Å². The lowest BCUT2D eigenvalue weighted by Crippen LogP contribution is -2.43. The molecule has 0 bridgehead atoms. The number of nitriles is 1. The Kier molecular flexibility index (Phi) is 4.78. The third-order valence-corrected chi connectivity index (χ3v) is 3.93. The molecule has 2 aliphatic heterocycles. The van der Waals surface area contributed by atoms with Crippen molar-refractivity contribution in [2.24, 2.45) is 0 Å². The average Bonchev–Trinajstić information content (AvgIpc) is 2.68. The zero-order chi connectivity index (χ0) is 12.1. The number of fused-ring (bicyclic) bond motifs is 1. The number of nitrogens with zero attached hydrogens (tertiary/aromatic N) is 3. The molecule has 96 valence electrons. The van der Waals surface area contributed by atoms with Crippen molar-refractivity contribution in [1.82, 2.24) is 15.1 Å². The molecule has 1 N–H and O–H groups in total. The van der Waals surface area contributed by atoms with Gasteiger partial charge in [-0.2, -0.15) is 5.26 Å². The number of rotatable bonds is 4. The van der Waals surface area contributed by atoms with Crippen LogP contribution in [-0.2, 0) is 0 Å². The molecule has 0 saturated carbocycles. The van der Waals surface area contributed by atoms with E-state index in [1.54, 1.807) is 0 Å². The molecule has 0 radical (unpaired) electrons. The van der Waals surface area contributed by atoms with Crippen molar-refractivity contribution in [3.63, 3.8) is 0 Å². The van der Waals surface area contributed by atoms with E-state index < -0.39 is 0 Å². The monoisotopic (exact) mass is 236 g/mol. The number of nitrogens with one attached hydrogen (secondary N) is 1. The molecule has 2 saturated heterocycles. The van der Waals surface area contributed by atoms with Gasteiger partial charge < -0.3 is 5.32 Å². The Morgan fingerprint density at radius 3 is 2.94 bits per heavy atom. The minimum Gasteiger partial charge on any atom is -0.301 e. The van der Waals surface area contributed by atoms with Gasteiger partial charge in [0.25, 0.3) is 0 Å². The van der Waals surface area contributed by atoms with Crippen LogP contribution in [0.3, 0.4) is 0 Å². The molecule has 2 atom stereocenters. The summed E-state index contributed by atoms with van der Waals surface area (Å²) in [6.07, 6.45) is 3.95. The molecule has 0 aliphatic carbocycles. The third-order valence-electron chi connectivity index (χ3n) is 3.93. The maximum Gasteiger partial charge on any atom is 0.108 e. The summed E-state index contributed by atoms with van der Waals surface area (Å²) in [6.45, 7) is 8.66. The van der Waals surface area contributed by atoms with Gasteiger partial charge in [-0.1, -0.05) is 6.92 Å².